The maximum Gasteiger partial charge on any atom is 0.315 e. The molecule has 5 nitrogen and oxygen atoms in total. The highest BCUT2D eigenvalue weighted by Crippen LogP contribution is 2.15. The molecule has 0 bridgehead atoms. The first-order valence-corrected chi connectivity index (χ1v) is 8.12. The summed E-state index contributed by atoms with van der Waals surface area (Å²) in [5.74, 6) is 0. The molecular weight excluding hydrogens is 276 g/mol. The van der Waals surface area contributed by atoms with Crippen molar-refractivity contribution in [2.24, 2.45) is 0 Å². The van der Waals surface area contributed by atoms with E-state index in [0.29, 0.717) is 12.6 Å². The van der Waals surface area contributed by atoms with Crippen LogP contribution in [0.2, 0.25) is 0 Å². The van der Waals surface area contributed by atoms with Crippen LogP contribution in [-0.2, 0) is 6.54 Å². The van der Waals surface area contributed by atoms with Crippen LogP contribution in [0.5, 0.6) is 0 Å². The lowest BCUT2D eigenvalue weighted by molar-refractivity contribution is 0.228. The summed E-state index contributed by atoms with van der Waals surface area (Å²) in [4.78, 5) is 16.4. The maximum absolute atomic E-state index is 11.9. The second-order valence-electron chi connectivity index (χ2n) is 6.05. The van der Waals surface area contributed by atoms with Crippen LogP contribution in [0.4, 0.5) is 10.5 Å². The van der Waals surface area contributed by atoms with Crippen LogP contribution in [0.15, 0.2) is 24.3 Å². The summed E-state index contributed by atoms with van der Waals surface area (Å²) < 4.78 is 0. The number of urea groups is 1. The second kappa shape index (κ2) is 8.03. The lowest BCUT2D eigenvalue weighted by atomic mass is 10.2. The van der Waals surface area contributed by atoms with Gasteiger partial charge in [-0.15, -0.1) is 0 Å². The molecular formula is C17H28N4O. The first-order valence-electron chi connectivity index (χ1n) is 8.12. The standard InChI is InChI=1S/C17H28N4O/c1-4-21-11-5-6-16(21)13-19-17(22)18-12-14-7-9-15(10-8-14)20(2)3/h7-10,16H,4-6,11-13H2,1-3H3,(H2,18,19,22). The van der Waals surface area contributed by atoms with E-state index in [-0.39, 0.29) is 6.03 Å². The van der Waals surface area contributed by atoms with E-state index in [0.717, 1.165) is 30.9 Å². The zero-order chi connectivity index (χ0) is 15.9. The van der Waals surface area contributed by atoms with Crippen molar-refractivity contribution in [3.8, 4) is 0 Å². The van der Waals surface area contributed by atoms with Crippen molar-refractivity contribution in [3.63, 3.8) is 0 Å². The molecule has 1 aromatic carbocycles. The third-order valence-corrected chi connectivity index (χ3v) is 4.31. The predicted octanol–water partition coefficient (Wildman–Crippen LogP) is 2.04. The Morgan fingerprint density at radius 1 is 1.27 bits per heavy atom. The van der Waals surface area contributed by atoms with Gasteiger partial charge in [0.05, 0.1) is 0 Å². The highest BCUT2D eigenvalue weighted by atomic mass is 16.2. The Balaban J connectivity index is 1.71. The van der Waals surface area contributed by atoms with Crippen molar-refractivity contribution in [2.75, 3.05) is 38.6 Å². The number of anilines is 1. The quantitative estimate of drug-likeness (QED) is 0.845. The fourth-order valence-corrected chi connectivity index (χ4v) is 2.91. The summed E-state index contributed by atoms with van der Waals surface area (Å²) in [6.07, 6.45) is 2.42. The molecule has 122 valence electrons. The molecule has 5 heteroatoms. The van der Waals surface area contributed by atoms with Gasteiger partial charge in [-0.25, -0.2) is 4.79 Å². The number of carbonyl (C=O) groups excluding carboxylic acids is 1. The molecule has 1 aromatic rings. The molecule has 2 rings (SSSR count). The van der Waals surface area contributed by atoms with Gasteiger partial charge in [-0.1, -0.05) is 19.1 Å². The van der Waals surface area contributed by atoms with E-state index in [1.165, 1.54) is 12.8 Å². The maximum atomic E-state index is 11.9. The first kappa shape index (κ1) is 16.6. The fourth-order valence-electron chi connectivity index (χ4n) is 2.91. The molecule has 0 aromatic heterocycles. The Bertz CT molecular complexity index is 472. The van der Waals surface area contributed by atoms with Crippen LogP contribution in [0.25, 0.3) is 0 Å². The number of likely N-dealkylation sites (N-methyl/N-ethyl adjacent to an activating group) is 1. The van der Waals surface area contributed by atoms with E-state index < -0.39 is 0 Å². The van der Waals surface area contributed by atoms with E-state index in [1.54, 1.807) is 0 Å². The topological polar surface area (TPSA) is 47.6 Å². The summed E-state index contributed by atoms with van der Waals surface area (Å²) >= 11 is 0. The molecule has 2 N–H and O–H groups in total. The Morgan fingerprint density at radius 2 is 2.00 bits per heavy atom. The highest BCUT2D eigenvalue weighted by molar-refractivity contribution is 5.73. The van der Waals surface area contributed by atoms with E-state index >= 15 is 0 Å². The van der Waals surface area contributed by atoms with Crippen LogP contribution >= 0.6 is 0 Å². The molecule has 0 spiro atoms. The number of likely N-dealkylation sites (tertiary alicyclic amines) is 1. The summed E-state index contributed by atoms with van der Waals surface area (Å²) in [6, 6.07) is 8.63. The fraction of sp³-hybridized carbons (Fsp3) is 0.588. The summed E-state index contributed by atoms with van der Waals surface area (Å²) in [7, 11) is 4.03. The molecule has 1 unspecified atom stereocenters. The van der Waals surface area contributed by atoms with Gasteiger partial charge in [0.1, 0.15) is 0 Å². The van der Waals surface area contributed by atoms with Crippen LogP contribution < -0.4 is 15.5 Å². The third-order valence-electron chi connectivity index (χ3n) is 4.31. The Labute approximate surface area is 133 Å². The van der Waals surface area contributed by atoms with Crippen molar-refractivity contribution in [3.05, 3.63) is 29.8 Å². The van der Waals surface area contributed by atoms with Gasteiger partial charge in [-0.2, -0.15) is 0 Å². The zero-order valence-electron chi connectivity index (χ0n) is 13.9. The number of benzene rings is 1. The van der Waals surface area contributed by atoms with E-state index in [9.17, 15) is 4.79 Å². The lowest BCUT2D eigenvalue weighted by Gasteiger charge is -2.22. The first-order chi connectivity index (χ1) is 10.6. The number of rotatable bonds is 6. The Morgan fingerprint density at radius 3 is 2.64 bits per heavy atom. The van der Waals surface area contributed by atoms with Gasteiger partial charge in [-0.05, 0) is 43.6 Å². The minimum atomic E-state index is -0.0837. The minimum Gasteiger partial charge on any atom is -0.378 e. The van der Waals surface area contributed by atoms with Crippen molar-refractivity contribution in [2.45, 2.75) is 32.4 Å². The third kappa shape index (κ3) is 4.63. The number of nitrogens with one attached hydrogen (secondary N) is 2. The summed E-state index contributed by atoms with van der Waals surface area (Å²) in [6.45, 7) is 5.69. The molecule has 1 atom stereocenters. The van der Waals surface area contributed by atoms with Gasteiger partial charge in [0.2, 0.25) is 0 Å². The Hall–Kier alpha value is -1.75. The van der Waals surface area contributed by atoms with Gasteiger partial charge in [0.15, 0.2) is 0 Å². The molecule has 1 heterocycles. The van der Waals surface area contributed by atoms with Gasteiger partial charge in [-0.3, -0.25) is 4.90 Å². The Kier molecular flexibility index (Phi) is 6.07. The van der Waals surface area contributed by atoms with Crippen LogP contribution in [0.3, 0.4) is 0 Å². The van der Waals surface area contributed by atoms with Gasteiger partial charge < -0.3 is 15.5 Å². The highest BCUT2D eigenvalue weighted by Gasteiger charge is 2.22. The molecule has 2 amide bonds. The van der Waals surface area contributed by atoms with E-state index in [1.807, 2.05) is 26.2 Å². The van der Waals surface area contributed by atoms with Gasteiger partial charge >= 0.3 is 6.03 Å². The number of hydrogen-bond donors (Lipinski definition) is 2. The van der Waals surface area contributed by atoms with Crippen LogP contribution in [-0.4, -0.2) is 50.7 Å². The molecule has 1 aliphatic heterocycles. The monoisotopic (exact) mass is 304 g/mol. The van der Waals surface area contributed by atoms with Gasteiger partial charge in [0.25, 0.3) is 0 Å². The normalized spacial score (nSPS) is 18.2. The van der Waals surface area contributed by atoms with Crippen LogP contribution in [0, 0.1) is 0 Å². The van der Waals surface area contributed by atoms with Crippen molar-refractivity contribution >= 4 is 11.7 Å². The summed E-state index contributed by atoms with van der Waals surface area (Å²) in [5, 5.41) is 5.91. The molecule has 0 saturated carbocycles. The smallest absolute Gasteiger partial charge is 0.315 e. The van der Waals surface area contributed by atoms with Crippen molar-refractivity contribution in [1.29, 1.82) is 0 Å². The lowest BCUT2D eigenvalue weighted by Crippen LogP contribution is -2.43. The average molecular weight is 304 g/mol. The van der Waals surface area contributed by atoms with Crippen molar-refractivity contribution in [1.82, 2.24) is 15.5 Å². The summed E-state index contributed by atoms with van der Waals surface area (Å²) in [5.41, 5.74) is 2.27. The number of amides is 2. The number of nitrogens with zero attached hydrogens (tertiary/aromatic N) is 2. The van der Waals surface area contributed by atoms with Crippen molar-refractivity contribution < 1.29 is 4.79 Å². The van der Waals surface area contributed by atoms with E-state index in [4.69, 9.17) is 0 Å². The largest absolute Gasteiger partial charge is 0.378 e. The second-order valence-corrected chi connectivity index (χ2v) is 6.05. The SMILES string of the molecule is CCN1CCCC1CNC(=O)NCc1ccc(N(C)C)cc1. The van der Waals surface area contributed by atoms with Crippen LogP contribution in [0.1, 0.15) is 25.3 Å². The molecule has 1 fully saturated rings. The molecule has 0 radical (unpaired) electrons. The molecule has 0 aliphatic carbocycles. The number of carbonyl (C=O) groups is 1. The molecule has 1 aliphatic rings. The average Bonchev–Trinajstić information content (AvgIpc) is 2.98. The minimum absolute atomic E-state index is 0.0837. The van der Waals surface area contributed by atoms with E-state index in [2.05, 4.69) is 39.5 Å². The number of hydrogen-bond acceptors (Lipinski definition) is 3. The molecule has 1 saturated heterocycles. The zero-order valence-corrected chi connectivity index (χ0v) is 13.9. The molecule has 22 heavy (non-hydrogen) atoms. The predicted molar refractivity (Wildman–Crippen MR) is 91.3 cm³/mol. The van der Waals surface area contributed by atoms with Gasteiger partial charge in [0, 0.05) is 38.9 Å².